The maximum atomic E-state index is 13.0. The Morgan fingerprint density at radius 2 is 1.69 bits per heavy atom. The molecule has 1 aromatic heterocycles. The first-order valence-corrected chi connectivity index (χ1v) is 15.8. The fraction of sp³-hybridized carbons (Fsp3) is 0.125. The van der Waals surface area contributed by atoms with Crippen molar-refractivity contribution >= 4 is 50.3 Å². The molecule has 7 nitrogen and oxygen atoms in total. The average Bonchev–Trinajstić information content (AvgIpc) is 2.99. The molecule has 42 heavy (non-hydrogen) atoms. The van der Waals surface area contributed by atoms with Crippen LogP contribution in [0.15, 0.2) is 119 Å². The van der Waals surface area contributed by atoms with E-state index in [1.807, 2.05) is 72.8 Å². The molecule has 5 aromatic rings. The average molecular weight is 619 g/mol. The van der Waals surface area contributed by atoms with Crippen LogP contribution in [0.1, 0.15) is 22.1 Å². The molecule has 1 heterocycles. The smallest absolute Gasteiger partial charge is 0.307 e. The highest BCUT2D eigenvalue weighted by Crippen LogP contribution is 2.36. The van der Waals surface area contributed by atoms with Gasteiger partial charge >= 0.3 is 5.97 Å². The molecule has 1 atom stereocenters. The second-order valence-corrected chi connectivity index (χ2v) is 13.0. The third kappa shape index (κ3) is 7.89. The molecule has 0 spiro atoms. The summed E-state index contributed by atoms with van der Waals surface area (Å²) in [6.45, 7) is 0.377. The van der Waals surface area contributed by atoms with Crippen molar-refractivity contribution < 1.29 is 23.1 Å². The standard InChI is InChI=1S/C32H27ClN2O5S2/c33-25-11-16-29(17-12-25)42(38,39)34-20-31(41-28-14-8-22(9-15-28)18-32(36)37)24-5-3-6-27(19-24)40-21-26-13-10-23-4-1-2-7-30(23)35-26/h1-17,19,31,34H,18,20-21H2,(H,36,37). The van der Waals surface area contributed by atoms with Crippen molar-refractivity contribution in [2.45, 2.75) is 28.1 Å². The summed E-state index contributed by atoms with van der Waals surface area (Å²) in [5.74, 6) is -0.272. The predicted octanol–water partition coefficient (Wildman–Crippen LogP) is 6.91. The normalized spacial score (nSPS) is 12.2. The van der Waals surface area contributed by atoms with Crippen LogP contribution < -0.4 is 9.46 Å². The van der Waals surface area contributed by atoms with Crippen LogP contribution in [-0.2, 0) is 27.8 Å². The van der Waals surface area contributed by atoms with Crippen LogP contribution in [0.25, 0.3) is 10.9 Å². The summed E-state index contributed by atoms with van der Waals surface area (Å²) in [6, 6.07) is 32.6. The van der Waals surface area contributed by atoms with E-state index >= 15 is 0 Å². The first kappa shape index (κ1) is 29.6. The maximum absolute atomic E-state index is 13.0. The van der Waals surface area contributed by atoms with Crippen LogP contribution in [-0.4, -0.2) is 31.0 Å². The van der Waals surface area contributed by atoms with Crippen LogP contribution in [0.5, 0.6) is 5.75 Å². The second kappa shape index (κ2) is 13.4. The fourth-order valence-corrected chi connectivity index (χ4v) is 6.64. The van der Waals surface area contributed by atoms with Crippen LogP contribution in [0.3, 0.4) is 0 Å². The number of para-hydroxylation sites is 1. The van der Waals surface area contributed by atoms with Gasteiger partial charge < -0.3 is 9.84 Å². The van der Waals surface area contributed by atoms with E-state index in [9.17, 15) is 13.2 Å². The number of pyridine rings is 1. The summed E-state index contributed by atoms with van der Waals surface area (Å²) < 4.78 is 34.9. The highest BCUT2D eigenvalue weighted by Gasteiger charge is 2.20. The van der Waals surface area contributed by atoms with E-state index < -0.39 is 16.0 Å². The lowest BCUT2D eigenvalue weighted by Crippen LogP contribution is -2.27. The number of carboxylic acids is 1. The van der Waals surface area contributed by atoms with Gasteiger partial charge in [0.2, 0.25) is 10.0 Å². The molecule has 0 saturated carbocycles. The minimum atomic E-state index is -3.79. The van der Waals surface area contributed by atoms with E-state index in [1.165, 1.54) is 36.0 Å². The first-order chi connectivity index (χ1) is 20.2. The van der Waals surface area contributed by atoms with E-state index in [0.29, 0.717) is 16.3 Å². The summed E-state index contributed by atoms with van der Waals surface area (Å²) in [7, 11) is -3.79. The SMILES string of the molecule is O=C(O)Cc1ccc(SC(CNS(=O)(=O)c2ccc(Cl)cc2)c2cccc(OCc3ccc4ccccc4n3)c2)cc1. The fourth-order valence-electron chi connectivity index (χ4n) is 4.29. The Labute approximate surface area is 253 Å². The molecule has 0 aliphatic carbocycles. The monoisotopic (exact) mass is 618 g/mol. The van der Waals surface area contributed by atoms with Crippen LogP contribution >= 0.6 is 23.4 Å². The Balaban J connectivity index is 1.35. The molecule has 214 valence electrons. The van der Waals surface area contributed by atoms with Gasteiger partial charge in [0, 0.05) is 27.1 Å². The highest BCUT2D eigenvalue weighted by molar-refractivity contribution is 7.99. The number of hydrogen-bond acceptors (Lipinski definition) is 6. The van der Waals surface area contributed by atoms with E-state index in [1.54, 1.807) is 12.1 Å². The number of halogens is 1. The summed E-state index contributed by atoms with van der Waals surface area (Å²) in [5, 5.41) is 10.3. The molecule has 1 unspecified atom stereocenters. The number of sulfonamides is 1. The number of rotatable bonds is 12. The van der Waals surface area contributed by atoms with Gasteiger partial charge in [0.1, 0.15) is 12.4 Å². The number of carboxylic acid groups (broad SMARTS) is 1. The Bertz CT molecular complexity index is 1800. The lowest BCUT2D eigenvalue weighted by molar-refractivity contribution is -0.136. The summed E-state index contributed by atoms with van der Waals surface area (Å²) >= 11 is 7.41. The highest BCUT2D eigenvalue weighted by atomic mass is 35.5. The van der Waals surface area contributed by atoms with Crippen molar-refractivity contribution in [2.24, 2.45) is 0 Å². The maximum Gasteiger partial charge on any atom is 0.307 e. The zero-order chi connectivity index (χ0) is 29.5. The van der Waals surface area contributed by atoms with Crippen molar-refractivity contribution in [3.63, 3.8) is 0 Å². The Morgan fingerprint density at radius 3 is 2.45 bits per heavy atom. The van der Waals surface area contributed by atoms with Gasteiger partial charge in [0.15, 0.2) is 0 Å². The number of nitrogens with one attached hydrogen (secondary N) is 1. The Hall–Kier alpha value is -3.89. The number of nitrogens with zero attached hydrogens (tertiary/aromatic N) is 1. The molecule has 0 saturated heterocycles. The van der Waals surface area contributed by atoms with Gasteiger partial charge in [0.25, 0.3) is 0 Å². The molecule has 0 radical (unpaired) electrons. The lowest BCUT2D eigenvalue weighted by atomic mass is 10.1. The Morgan fingerprint density at radius 1 is 0.929 bits per heavy atom. The van der Waals surface area contributed by atoms with Crippen LogP contribution in [0.4, 0.5) is 0 Å². The van der Waals surface area contributed by atoms with Crippen molar-refractivity contribution in [1.29, 1.82) is 0 Å². The summed E-state index contributed by atoms with van der Waals surface area (Å²) in [4.78, 5) is 16.7. The number of aliphatic carboxylic acids is 1. The minimum absolute atomic E-state index is 0.0687. The van der Waals surface area contributed by atoms with E-state index in [-0.39, 0.29) is 29.7 Å². The van der Waals surface area contributed by atoms with E-state index in [0.717, 1.165) is 27.1 Å². The van der Waals surface area contributed by atoms with E-state index in [4.69, 9.17) is 21.4 Å². The lowest BCUT2D eigenvalue weighted by Gasteiger charge is -2.19. The largest absolute Gasteiger partial charge is 0.487 e. The number of carbonyl (C=O) groups is 1. The van der Waals surface area contributed by atoms with Gasteiger partial charge in [-0.15, -0.1) is 11.8 Å². The second-order valence-electron chi connectivity index (χ2n) is 9.48. The summed E-state index contributed by atoms with van der Waals surface area (Å²) in [6.07, 6.45) is -0.0687. The van der Waals surface area contributed by atoms with Gasteiger partial charge in [-0.3, -0.25) is 4.79 Å². The van der Waals surface area contributed by atoms with Gasteiger partial charge in [-0.2, -0.15) is 0 Å². The third-order valence-corrected chi connectivity index (χ3v) is 9.37. The number of benzene rings is 4. The van der Waals surface area contributed by atoms with Crippen LogP contribution in [0.2, 0.25) is 5.02 Å². The van der Waals surface area contributed by atoms with Crippen LogP contribution in [0, 0.1) is 0 Å². The number of aromatic nitrogens is 1. The van der Waals surface area contributed by atoms with Gasteiger partial charge in [0.05, 0.1) is 22.5 Å². The van der Waals surface area contributed by atoms with E-state index in [2.05, 4.69) is 9.71 Å². The topological polar surface area (TPSA) is 106 Å². The van der Waals surface area contributed by atoms with Gasteiger partial charge in [-0.05, 0) is 71.8 Å². The van der Waals surface area contributed by atoms with Gasteiger partial charge in [-0.1, -0.05) is 60.1 Å². The zero-order valence-corrected chi connectivity index (χ0v) is 24.7. The minimum Gasteiger partial charge on any atom is -0.487 e. The molecule has 0 amide bonds. The molecule has 0 bridgehead atoms. The number of thioether (sulfide) groups is 1. The van der Waals surface area contributed by atoms with Gasteiger partial charge in [-0.25, -0.2) is 18.1 Å². The van der Waals surface area contributed by atoms with Crippen molar-refractivity contribution in [1.82, 2.24) is 9.71 Å². The quantitative estimate of drug-likeness (QED) is 0.146. The molecular formula is C32H27ClN2O5S2. The molecule has 2 N–H and O–H groups in total. The molecule has 5 rings (SSSR count). The van der Waals surface area contributed by atoms with Crippen molar-refractivity contribution in [3.8, 4) is 5.75 Å². The number of fused-ring (bicyclic) bond motifs is 1. The molecule has 4 aromatic carbocycles. The predicted molar refractivity (Wildman–Crippen MR) is 166 cm³/mol. The first-order valence-electron chi connectivity index (χ1n) is 13.1. The molecular weight excluding hydrogens is 592 g/mol. The molecule has 10 heteroatoms. The molecule has 0 fully saturated rings. The molecule has 0 aliphatic rings. The van der Waals surface area contributed by atoms with Crippen molar-refractivity contribution in [2.75, 3.05) is 6.54 Å². The number of ether oxygens (including phenoxy) is 1. The zero-order valence-electron chi connectivity index (χ0n) is 22.3. The molecule has 0 aliphatic heterocycles. The summed E-state index contributed by atoms with van der Waals surface area (Å²) in [5.41, 5.74) is 3.23. The van der Waals surface area contributed by atoms with Crippen molar-refractivity contribution in [3.05, 3.63) is 131 Å². The Kier molecular flexibility index (Phi) is 9.44. The number of hydrogen-bond donors (Lipinski definition) is 2. The third-order valence-electron chi connectivity index (χ3n) is 6.41.